The van der Waals surface area contributed by atoms with Crippen molar-refractivity contribution in [3.63, 3.8) is 0 Å². The maximum absolute atomic E-state index is 13.0. The Bertz CT molecular complexity index is 1250. The average Bonchev–Trinajstić information content (AvgIpc) is 2.85. The van der Waals surface area contributed by atoms with E-state index >= 15 is 0 Å². The molecule has 9 nitrogen and oxygen atoms in total. The van der Waals surface area contributed by atoms with Crippen LogP contribution in [0.4, 0.5) is 5.82 Å². The molecule has 3 heterocycles. The summed E-state index contributed by atoms with van der Waals surface area (Å²) in [7, 11) is 1.56. The highest BCUT2D eigenvalue weighted by atomic mass is 16.5. The van der Waals surface area contributed by atoms with Gasteiger partial charge in [0.05, 0.1) is 5.69 Å². The Hall–Kier alpha value is -4.01. The second-order valence-corrected chi connectivity index (χ2v) is 7.74. The molecular formula is C23H23N5O4. The minimum absolute atomic E-state index is 0.307. The van der Waals surface area contributed by atoms with E-state index in [2.05, 4.69) is 15.4 Å². The summed E-state index contributed by atoms with van der Waals surface area (Å²) in [6.07, 6.45) is 0.864. The zero-order chi connectivity index (χ0) is 23.0. The Morgan fingerprint density at radius 3 is 2.56 bits per heavy atom. The van der Waals surface area contributed by atoms with E-state index in [0.717, 1.165) is 5.56 Å². The van der Waals surface area contributed by atoms with Crippen LogP contribution in [0.5, 0.6) is 5.75 Å². The van der Waals surface area contributed by atoms with Crippen LogP contribution >= 0.6 is 0 Å². The third-order valence-corrected chi connectivity index (χ3v) is 5.34. The van der Waals surface area contributed by atoms with Gasteiger partial charge in [-0.15, -0.1) is 0 Å². The number of rotatable bonds is 3. The Morgan fingerprint density at radius 1 is 1.12 bits per heavy atom. The standard InChI is InChI=1S/C23H23N5O4/c1-13-7-9-16(10-8-13)28-14(2)12-17(29)20(26-28)22(30)25-19-15(3)32-18-6-5-11-24-21(18)27(4)23(19)31/h5-12,15,19H,1-4H3,(H,25,30)/t15-,19+/m1/s1. The molecule has 1 aliphatic heterocycles. The van der Waals surface area contributed by atoms with E-state index < -0.39 is 29.4 Å². The Balaban J connectivity index is 1.65. The quantitative estimate of drug-likeness (QED) is 0.675. The van der Waals surface area contributed by atoms with E-state index in [9.17, 15) is 14.4 Å². The number of pyridine rings is 1. The van der Waals surface area contributed by atoms with Gasteiger partial charge in [-0.2, -0.15) is 5.10 Å². The highest BCUT2D eigenvalue weighted by Gasteiger charge is 2.37. The third kappa shape index (κ3) is 3.84. The van der Waals surface area contributed by atoms with E-state index in [0.29, 0.717) is 22.9 Å². The minimum atomic E-state index is -1.03. The normalized spacial score (nSPS) is 17.9. The molecule has 2 amide bonds. The van der Waals surface area contributed by atoms with Crippen molar-refractivity contribution in [2.75, 3.05) is 11.9 Å². The van der Waals surface area contributed by atoms with Gasteiger partial charge in [0.25, 0.3) is 11.8 Å². The van der Waals surface area contributed by atoms with Crippen LogP contribution in [-0.4, -0.2) is 45.8 Å². The van der Waals surface area contributed by atoms with Gasteiger partial charge in [0.1, 0.15) is 12.1 Å². The molecule has 0 spiro atoms. The van der Waals surface area contributed by atoms with Crippen molar-refractivity contribution in [3.05, 3.63) is 75.8 Å². The lowest BCUT2D eigenvalue weighted by Crippen LogP contribution is -2.54. The minimum Gasteiger partial charge on any atom is -0.484 e. The van der Waals surface area contributed by atoms with Gasteiger partial charge in [-0.1, -0.05) is 17.7 Å². The number of fused-ring (bicyclic) bond motifs is 1. The van der Waals surface area contributed by atoms with Crippen molar-refractivity contribution >= 4 is 17.6 Å². The molecule has 0 saturated carbocycles. The summed E-state index contributed by atoms with van der Waals surface area (Å²) in [6, 6.07) is 11.3. The maximum atomic E-state index is 13.0. The van der Waals surface area contributed by atoms with Crippen molar-refractivity contribution in [1.82, 2.24) is 20.1 Å². The topological polar surface area (TPSA) is 106 Å². The summed E-state index contributed by atoms with van der Waals surface area (Å²) in [4.78, 5) is 44.2. The van der Waals surface area contributed by atoms with Gasteiger partial charge in [0.2, 0.25) is 5.43 Å². The second-order valence-electron chi connectivity index (χ2n) is 7.74. The molecule has 0 unspecified atom stereocenters. The highest BCUT2D eigenvalue weighted by molar-refractivity contribution is 6.02. The highest BCUT2D eigenvalue weighted by Crippen LogP contribution is 2.29. The first kappa shape index (κ1) is 21.2. The molecule has 0 fully saturated rings. The van der Waals surface area contributed by atoms with Crippen LogP contribution < -0.4 is 20.4 Å². The number of benzene rings is 1. The van der Waals surface area contributed by atoms with Crippen molar-refractivity contribution in [2.45, 2.75) is 32.9 Å². The molecule has 0 bridgehead atoms. The number of amides is 2. The largest absolute Gasteiger partial charge is 0.484 e. The number of aryl methyl sites for hydroxylation is 2. The van der Waals surface area contributed by atoms with Gasteiger partial charge in [-0.3, -0.25) is 19.3 Å². The third-order valence-electron chi connectivity index (χ3n) is 5.34. The Morgan fingerprint density at radius 2 is 1.84 bits per heavy atom. The molecule has 1 aliphatic rings. The van der Waals surface area contributed by atoms with Crippen LogP contribution in [0.15, 0.2) is 53.5 Å². The molecule has 0 saturated heterocycles. The molecule has 9 heteroatoms. The fourth-order valence-corrected chi connectivity index (χ4v) is 3.55. The first-order valence-corrected chi connectivity index (χ1v) is 10.1. The summed E-state index contributed by atoms with van der Waals surface area (Å²) in [6.45, 7) is 5.37. The molecule has 1 aromatic carbocycles. The smallest absolute Gasteiger partial charge is 0.276 e. The summed E-state index contributed by atoms with van der Waals surface area (Å²) in [5.41, 5.74) is 1.53. The molecule has 0 aliphatic carbocycles. The van der Waals surface area contributed by atoms with E-state index in [1.807, 2.05) is 31.2 Å². The molecule has 2 aromatic heterocycles. The van der Waals surface area contributed by atoms with Gasteiger partial charge >= 0.3 is 0 Å². The fraction of sp³-hybridized carbons (Fsp3) is 0.261. The molecule has 164 valence electrons. The number of aromatic nitrogens is 3. The zero-order valence-corrected chi connectivity index (χ0v) is 18.2. The number of carbonyl (C=O) groups excluding carboxylic acids is 2. The van der Waals surface area contributed by atoms with Gasteiger partial charge in [0, 0.05) is 25.0 Å². The Kier molecular flexibility index (Phi) is 5.48. The lowest BCUT2D eigenvalue weighted by atomic mass is 10.1. The summed E-state index contributed by atoms with van der Waals surface area (Å²) < 4.78 is 7.38. The molecule has 1 N–H and O–H groups in total. The van der Waals surface area contributed by atoms with Gasteiger partial charge < -0.3 is 10.1 Å². The number of hydrogen-bond donors (Lipinski definition) is 1. The number of likely N-dealkylation sites (N-methyl/N-ethyl adjacent to an activating group) is 1. The predicted octanol–water partition coefficient (Wildman–Crippen LogP) is 1.79. The molecule has 3 aromatic rings. The van der Waals surface area contributed by atoms with Crippen LogP contribution in [0.25, 0.3) is 5.69 Å². The number of anilines is 1. The van der Waals surface area contributed by atoms with Crippen LogP contribution in [0.2, 0.25) is 0 Å². The van der Waals surface area contributed by atoms with E-state index in [1.54, 1.807) is 39.2 Å². The number of hydrogen-bond acceptors (Lipinski definition) is 6. The monoisotopic (exact) mass is 433 g/mol. The number of ether oxygens (including phenoxy) is 1. The van der Waals surface area contributed by atoms with Crippen molar-refractivity contribution in [2.24, 2.45) is 0 Å². The molecule has 4 rings (SSSR count). The zero-order valence-electron chi connectivity index (χ0n) is 18.2. The second kappa shape index (κ2) is 8.26. The molecule has 32 heavy (non-hydrogen) atoms. The number of nitrogens with one attached hydrogen (secondary N) is 1. The summed E-state index contributed by atoms with van der Waals surface area (Å²) in [5.74, 6) is -0.370. The van der Waals surface area contributed by atoms with Crippen LogP contribution in [0.3, 0.4) is 0 Å². The molecule has 2 atom stereocenters. The first-order valence-electron chi connectivity index (χ1n) is 10.1. The van der Waals surface area contributed by atoms with Crippen LogP contribution in [-0.2, 0) is 4.79 Å². The van der Waals surface area contributed by atoms with Crippen molar-refractivity contribution < 1.29 is 14.3 Å². The Labute approximate surface area is 184 Å². The van der Waals surface area contributed by atoms with E-state index in [4.69, 9.17) is 4.74 Å². The lowest BCUT2D eigenvalue weighted by Gasteiger charge is -2.23. The van der Waals surface area contributed by atoms with Crippen molar-refractivity contribution in [3.8, 4) is 11.4 Å². The van der Waals surface area contributed by atoms with Gasteiger partial charge in [-0.05, 0) is 45.0 Å². The lowest BCUT2D eigenvalue weighted by molar-refractivity contribution is -0.121. The van der Waals surface area contributed by atoms with Crippen LogP contribution in [0.1, 0.15) is 28.7 Å². The summed E-state index contributed by atoms with van der Waals surface area (Å²) >= 11 is 0. The molecular weight excluding hydrogens is 410 g/mol. The van der Waals surface area contributed by atoms with Gasteiger partial charge in [0.15, 0.2) is 17.3 Å². The molecule has 0 radical (unpaired) electrons. The van der Waals surface area contributed by atoms with E-state index in [1.165, 1.54) is 15.6 Å². The van der Waals surface area contributed by atoms with Crippen molar-refractivity contribution in [1.29, 1.82) is 0 Å². The first-order chi connectivity index (χ1) is 15.3. The summed E-state index contributed by atoms with van der Waals surface area (Å²) in [5, 5.41) is 6.91. The SMILES string of the molecule is Cc1ccc(-n2nc(C(=O)N[C@@H]3C(=O)N(C)c4ncccc4O[C@@H]3C)c(=O)cc2C)cc1. The predicted molar refractivity (Wildman–Crippen MR) is 118 cm³/mol. The van der Waals surface area contributed by atoms with Crippen LogP contribution in [0, 0.1) is 13.8 Å². The maximum Gasteiger partial charge on any atom is 0.276 e. The average molecular weight is 433 g/mol. The number of carbonyl (C=O) groups is 2. The van der Waals surface area contributed by atoms with Gasteiger partial charge in [-0.25, -0.2) is 9.67 Å². The van der Waals surface area contributed by atoms with E-state index in [-0.39, 0.29) is 5.69 Å². The fourth-order valence-electron chi connectivity index (χ4n) is 3.55. The number of nitrogens with zero attached hydrogens (tertiary/aromatic N) is 4.